The molecule has 0 aliphatic carbocycles. The average Bonchev–Trinajstić information content (AvgIpc) is 2.60. The highest BCUT2D eigenvalue weighted by molar-refractivity contribution is 6.30. The first-order chi connectivity index (χ1) is 11.7. The highest BCUT2D eigenvalue weighted by atomic mass is 35.5. The van der Waals surface area contributed by atoms with Crippen LogP contribution in [0, 0.1) is 0 Å². The van der Waals surface area contributed by atoms with Crippen LogP contribution >= 0.6 is 11.6 Å². The van der Waals surface area contributed by atoms with Gasteiger partial charge in [-0.05, 0) is 36.2 Å². The van der Waals surface area contributed by atoms with E-state index in [1.54, 1.807) is 29.0 Å². The van der Waals surface area contributed by atoms with Gasteiger partial charge in [-0.2, -0.15) is 5.10 Å². The topological polar surface area (TPSA) is 59.3 Å². The third-order valence-corrected chi connectivity index (χ3v) is 3.81. The Hall–Kier alpha value is -2.66. The number of para-hydroxylation sites is 1. The fourth-order valence-electron chi connectivity index (χ4n) is 2.40. The molecule has 3 aromatic rings. The average molecular weight is 341 g/mol. The second-order valence-electron chi connectivity index (χ2n) is 5.33. The van der Waals surface area contributed by atoms with Crippen LogP contribution in [0.3, 0.4) is 0 Å². The van der Waals surface area contributed by atoms with Crippen molar-refractivity contribution in [1.29, 1.82) is 0 Å². The molecular formula is C18H17ClN4O. The summed E-state index contributed by atoms with van der Waals surface area (Å²) in [6.45, 7) is 2.60. The predicted octanol–water partition coefficient (Wildman–Crippen LogP) is 3.91. The first kappa shape index (κ1) is 16.2. The maximum absolute atomic E-state index is 12.6. The molecule has 0 spiro atoms. The number of hydrazone groups is 1. The molecular weight excluding hydrogens is 324 g/mol. The lowest BCUT2D eigenvalue weighted by molar-refractivity contribution is 0.654. The van der Waals surface area contributed by atoms with Gasteiger partial charge in [0.25, 0.3) is 5.56 Å². The Bertz CT molecular complexity index is 932. The van der Waals surface area contributed by atoms with Gasteiger partial charge in [0.15, 0.2) is 0 Å². The third kappa shape index (κ3) is 3.46. The molecule has 0 aliphatic rings. The molecule has 24 heavy (non-hydrogen) atoms. The third-order valence-electron chi connectivity index (χ3n) is 3.56. The molecule has 0 saturated carbocycles. The number of rotatable bonds is 5. The predicted molar refractivity (Wildman–Crippen MR) is 99.0 cm³/mol. The summed E-state index contributed by atoms with van der Waals surface area (Å²) in [4.78, 5) is 17.1. The summed E-state index contributed by atoms with van der Waals surface area (Å²) in [5.74, 6) is 0.436. The molecule has 0 radical (unpaired) electrons. The number of hydrogen-bond acceptors (Lipinski definition) is 4. The van der Waals surface area contributed by atoms with Gasteiger partial charge in [0.1, 0.15) is 0 Å². The number of nitrogens with one attached hydrogen (secondary N) is 1. The van der Waals surface area contributed by atoms with Crippen molar-refractivity contribution in [2.45, 2.75) is 19.9 Å². The largest absolute Gasteiger partial charge is 0.277 e. The van der Waals surface area contributed by atoms with Crippen molar-refractivity contribution >= 4 is 34.7 Å². The monoisotopic (exact) mass is 340 g/mol. The molecule has 1 aromatic heterocycles. The van der Waals surface area contributed by atoms with Crippen molar-refractivity contribution < 1.29 is 0 Å². The van der Waals surface area contributed by atoms with Gasteiger partial charge < -0.3 is 0 Å². The highest BCUT2D eigenvalue weighted by Crippen LogP contribution is 2.12. The summed E-state index contributed by atoms with van der Waals surface area (Å²) in [6.07, 6.45) is 2.49. The number of benzene rings is 2. The normalized spacial score (nSPS) is 11.2. The summed E-state index contributed by atoms with van der Waals surface area (Å²) < 4.78 is 1.61. The molecule has 0 saturated heterocycles. The Kier molecular flexibility index (Phi) is 4.91. The fraction of sp³-hybridized carbons (Fsp3) is 0.167. The summed E-state index contributed by atoms with van der Waals surface area (Å²) in [5.41, 5.74) is 4.37. The highest BCUT2D eigenvalue weighted by Gasteiger charge is 2.09. The summed E-state index contributed by atoms with van der Waals surface area (Å²) in [7, 11) is 0. The van der Waals surface area contributed by atoms with Crippen molar-refractivity contribution in [2.75, 3.05) is 5.43 Å². The summed E-state index contributed by atoms with van der Waals surface area (Å²) in [6, 6.07) is 14.6. The second kappa shape index (κ2) is 7.27. The molecule has 3 rings (SSSR count). The molecule has 2 aromatic carbocycles. The van der Waals surface area contributed by atoms with Crippen LogP contribution in [-0.4, -0.2) is 15.8 Å². The van der Waals surface area contributed by atoms with Crippen molar-refractivity contribution in [3.8, 4) is 0 Å². The van der Waals surface area contributed by atoms with E-state index in [1.807, 2.05) is 37.3 Å². The smallest absolute Gasteiger partial charge is 0.262 e. The Balaban J connectivity index is 1.94. The molecule has 0 unspecified atom stereocenters. The van der Waals surface area contributed by atoms with Gasteiger partial charge in [-0.25, -0.2) is 10.4 Å². The van der Waals surface area contributed by atoms with Gasteiger partial charge in [0, 0.05) is 11.6 Å². The SMILES string of the molecule is CCCn1c(N/N=C\c2ccc(Cl)cc2)nc2ccccc2c1=O. The van der Waals surface area contributed by atoms with Crippen molar-refractivity contribution in [2.24, 2.45) is 5.10 Å². The van der Waals surface area contributed by atoms with E-state index in [9.17, 15) is 4.79 Å². The van der Waals surface area contributed by atoms with Gasteiger partial charge in [0.2, 0.25) is 5.95 Å². The fourth-order valence-corrected chi connectivity index (χ4v) is 2.52. The number of halogens is 1. The first-order valence-corrected chi connectivity index (χ1v) is 8.11. The first-order valence-electron chi connectivity index (χ1n) is 7.73. The van der Waals surface area contributed by atoms with E-state index in [0.717, 1.165) is 12.0 Å². The van der Waals surface area contributed by atoms with E-state index in [1.165, 1.54) is 0 Å². The van der Waals surface area contributed by atoms with Crippen LogP contribution in [0.2, 0.25) is 5.02 Å². The molecule has 1 heterocycles. The number of anilines is 1. The van der Waals surface area contributed by atoms with E-state index in [-0.39, 0.29) is 5.56 Å². The van der Waals surface area contributed by atoms with Crippen LogP contribution < -0.4 is 11.0 Å². The van der Waals surface area contributed by atoms with E-state index in [4.69, 9.17) is 11.6 Å². The van der Waals surface area contributed by atoms with Gasteiger partial charge in [0.05, 0.1) is 17.1 Å². The van der Waals surface area contributed by atoms with Crippen molar-refractivity contribution in [1.82, 2.24) is 9.55 Å². The van der Waals surface area contributed by atoms with Crippen LogP contribution in [0.5, 0.6) is 0 Å². The molecule has 6 heteroatoms. The Labute approximate surface area is 144 Å². The molecule has 0 bridgehead atoms. The molecule has 0 fully saturated rings. The van der Waals surface area contributed by atoms with Gasteiger partial charge in [-0.15, -0.1) is 0 Å². The van der Waals surface area contributed by atoms with Crippen LogP contribution in [0.1, 0.15) is 18.9 Å². The lowest BCUT2D eigenvalue weighted by Gasteiger charge is -2.11. The number of nitrogens with zero attached hydrogens (tertiary/aromatic N) is 3. The molecule has 0 atom stereocenters. The van der Waals surface area contributed by atoms with E-state index < -0.39 is 0 Å². The maximum Gasteiger partial charge on any atom is 0.262 e. The zero-order valence-corrected chi connectivity index (χ0v) is 14.0. The number of hydrogen-bond donors (Lipinski definition) is 1. The number of aromatic nitrogens is 2. The van der Waals surface area contributed by atoms with Crippen molar-refractivity contribution in [3.05, 3.63) is 69.5 Å². The van der Waals surface area contributed by atoms with Gasteiger partial charge in [-0.3, -0.25) is 9.36 Å². The maximum atomic E-state index is 12.6. The van der Waals surface area contributed by atoms with Crippen LogP contribution in [0.15, 0.2) is 58.4 Å². The van der Waals surface area contributed by atoms with Crippen LogP contribution in [0.4, 0.5) is 5.95 Å². The Morgan fingerprint density at radius 1 is 1.21 bits per heavy atom. The Morgan fingerprint density at radius 2 is 1.96 bits per heavy atom. The molecule has 122 valence electrons. The number of fused-ring (bicyclic) bond motifs is 1. The summed E-state index contributed by atoms with van der Waals surface area (Å²) in [5, 5.41) is 5.48. The van der Waals surface area contributed by atoms with Crippen LogP contribution in [0.25, 0.3) is 10.9 Å². The van der Waals surface area contributed by atoms with Crippen LogP contribution in [-0.2, 0) is 6.54 Å². The lowest BCUT2D eigenvalue weighted by atomic mass is 10.2. The molecule has 0 amide bonds. The minimum absolute atomic E-state index is 0.0633. The molecule has 1 N–H and O–H groups in total. The second-order valence-corrected chi connectivity index (χ2v) is 5.77. The molecule has 0 aliphatic heterocycles. The molecule has 5 nitrogen and oxygen atoms in total. The van der Waals surface area contributed by atoms with E-state index in [2.05, 4.69) is 15.5 Å². The minimum Gasteiger partial charge on any atom is -0.277 e. The lowest BCUT2D eigenvalue weighted by Crippen LogP contribution is -2.24. The zero-order valence-electron chi connectivity index (χ0n) is 13.2. The van der Waals surface area contributed by atoms with E-state index >= 15 is 0 Å². The summed E-state index contributed by atoms with van der Waals surface area (Å²) >= 11 is 5.86. The Morgan fingerprint density at radius 3 is 2.71 bits per heavy atom. The van der Waals surface area contributed by atoms with Gasteiger partial charge in [-0.1, -0.05) is 42.8 Å². The zero-order chi connectivity index (χ0) is 16.9. The van der Waals surface area contributed by atoms with Gasteiger partial charge >= 0.3 is 0 Å². The standard InChI is InChI=1S/C18H17ClN4O/c1-2-11-23-17(24)15-5-3-4-6-16(15)21-18(23)22-20-12-13-7-9-14(19)10-8-13/h3-10,12H,2,11H2,1H3,(H,21,22)/b20-12-. The minimum atomic E-state index is -0.0633. The van der Waals surface area contributed by atoms with Crippen molar-refractivity contribution in [3.63, 3.8) is 0 Å². The van der Waals surface area contributed by atoms with E-state index in [0.29, 0.717) is 28.4 Å². The quantitative estimate of drug-likeness (QED) is 0.566.